The summed E-state index contributed by atoms with van der Waals surface area (Å²) in [4.78, 5) is 25.5. The highest BCUT2D eigenvalue weighted by atomic mass is 35.5. The largest absolute Gasteiger partial charge is 0.455 e. The van der Waals surface area contributed by atoms with Crippen molar-refractivity contribution < 1.29 is 14.3 Å². The van der Waals surface area contributed by atoms with E-state index in [2.05, 4.69) is 9.59 Å². The molecule has 0 aliphatic rings. The molecule has 26 heavy (non-hydrogen) atoms. The quantitative estimate of drug-likeness (QED) is 0.480. The van der Waals surface area contributed by atoms with Crippen molar-refractivity contribution in [3.63, 3.8) is 0 Å². The number of hydrogen-bond donors (Lipinski definition) is 0. The summed E-state index contributed by atoms with van der Waals surface area (Å²) in [5.41, 5.74) is 3.29. The third-order valence-electron chi connectivity index (χ3n) is 3.88. The molecule has 0 radical (unpaired) electrons. The summed E-state index contributed by atoms with van der Waals surface area (Å²) >= 11 is 6.93. The number of benzene rings is 2. The predicted molar refractivity (Wildman–Crippen MR) is 99.8 cm³/mol. The lowest BCUT2D eigenvalue weighted by molar-refractivity contribution is 0.0465. The van der Waals surface area contributed by atoms with Gasteiger partial charge in [-0.3, -0.25) is 4.79 Å². The first kappa shape index (κ1) is 18.2. The average Bonchev–Trinajstić information content (AvgIpc) is 3.06. The maximum Gasteiger partial charge on any atom is 0.339 e. The van der Waals surface area contributed by atoms with Crippen molar-refractivity contribution in [3.05, 3.63) is 80.3 Å². The van der Waals surface area contributed by atoms with Gasteiger partial charge in [-0.15, -0.1) is 5.10 Å². The van der Waals surface area contributed by atoms with Gasteiger partial charge in [-0.1, -0.05) is 52.0 Å². The number of hydrogen-bond acceptors (Lipinski definition) is 6. The third kappa shape index (κ3) is 3.81. The number of carbonyl (C=O) groups is 2. The molecule has 0 amide bonds. The van der Waals surface area contributed by atoms with Crippen LogP contribution in [0.25, 0.3) is 0 Å². The number of aryl methyl sites for hydroxylation is 2. The van der Waals surface area contributed by atoms with Crippen LogP contribution in [0.1, 0.15) is 43.1 Å². The fourth-order valence-electron chi connectivity index (χ4n) is 2.48. The Balaban J connectivity index is 1.88. The van der Waals surface area contributed by atoms with Crippen LogP contribution in [-0.4, -0.2) is 21.3 Å². The lowest BCUT2D eigenvalue weighted by atomic mass is 9.94. The van der Waals surface area contributed by atoms with Crippen LogP contribution in [0, 0.1) is 13.8 Å². The molecular formula is C19H15ClN2O3S. The van der Waals surface area contributed by atoms with Crippen molar-refractivity contribution in [1.82, 2.24) is 9.59 Å². The zero-order valence-electron chi connectivity index (χ0n) is 14.2. The van der Waals surface area contributed by atoms with E-state index in [0.29, 0.717) is 21.2 Å². The first-order chi connectivity index (χ1) is 12.5. The van der Waals surface area contributed by atoms with Gasteiger partial charge in [-0.05, 0) is 31.5 Å². The summed E-state index contributed by atoms with van der Waals surface area (Å²) in [7, 11) is 0. The Kier molecular flexibility index (Phi) is 5.44. The van der Waals surface area contributed by atoms with Crippen molar-refractivity contribution in [2.45, 2.75) is 20.5 Å². The van der Waals surface area contributed by atoms with E-state index in [9.17, 15) is 9.59 Å². The monoisotopic (exact) mass is 386 g/mol. The maximum absolute atomic E-state index is 13.0. The standard InChI is InChI=1S/C19H15ClN2O3S/c1-11-7-8-12(2)15(9-11)17(23)13-5-3-4-6-14(13)19(24)25-10-16-18(20)26-22-21-16/h3-9H,10H2,1-2H3. The fraction of sp³-hybridized carbons (Fsp3) is 0.158. The van der Waals surface area contributed by atoms with E-state index in [0.717, 1.165) is 22.7 Å². The van der Waals surface area contributed by atoms with Gasteiger partial charge in [0.2, 0.25) is 0 Å². The van der Waals surface area contributed by atoms with Gasteiger partial charge < -0.3 is 4.74 Å². The number of aromatic nitrogens is 2. The fourth-order valence-corrected chi connectivity index (χ4v) is 3.08. The molecule has 0 fully saturated rings. The molecule has 0 unspecified atom stereocenters. The minimum absolute atomic E-state index is 0.0971. The molecule has 1 heterocycles. The number of ketones is 1. The molecule has 0 saturated heterocycles. The van der Waals surface area contributed by atoms with Crippen LogP contribution in [0.3, 0.4) is 0 Å². The number of ether oxygens (including phenoxy) is 1. The van der Waals surface area contributed by atoms with Crippen LogP contribution >= 0.6 is 23.1 Å². The van der Waals surface area contributed by atoms with Crippen LogP contribution in [0.2, 0.25) is 4.34 Å². The highest BCUT2D eigenvalue weighted by molar-refractivity contribution is 7.10. The van der Waals surface area contributed by atoms with Gasteiger partial charge >= 0.3 is 5.97 Å². The molecule has 3 rings (SSSR count). The van der Waals surface area contributed by atoms with Crippen molar-refractivity contribution in [2.75, 3.05) is 0 Å². The molecule has 0 saturated carbocycles. The van der Waals surface area contributed by atoms with Crippen LogP contribution in [-0.2, 0) is 11.3 Å². The minimum Gasteiger partial charge on any atom is -0.455 e. The lowest BCUT2D eigenvalue weighted by Crippen LogP contribution is -2.13. The highest BCUT2D eigenvalue weighted by Gasteiger charge is 2.21. The smallest absolute Gasteiger partial charge is 0.339 e. The Morgan fingerprint density at radius 3 is 2.50 bits per heavy atom. The van der Waals surface area contributed by atoms with Crippen LogP contribution in [0.5, 0.6) is 0 Å². The summed E-state index contributed by atoms with van der Waals surface area (Å²) < 4.78 is 9.33. The molecule has 3 aromatic rings. The number of rotatable bonds is 5. The summed E-state index contributed by atoms with van der Waals surface area (Å²) in [5.74, 6) is -0.824. The van der Waals surface area contributed by atoms with Crippen LogP contribution < -0.4 is 0 Å². The Morgan fingerprint density at radius 1 is 1.08 bits per heavy atom. The normalized spacial score (nSPS) is 10.6. The molecule has 5 nitrogen and oxygen atoms in total. The van der Waals surface area contributed by atoms with Crippen LogP contribution in [0.4, 0.5) is 0 Å². The molecule has 0 N–H and O–H groups in total. The van der Waals surface area contributed by atoms with E-state index in [1.807, 2.05) is 32.0 Å². The molecule has 0 spiro atoms. The SMILES string of the molecule is Cc1ccc(C)c(C(=O)c2ccccc2C(=O)OCc2nnsc2Cl)c1. The van der Waals surface area contributed by atoms with Crippen molar-refractivity contribution in [1.29, 1.82) is 0 Å². The Hall–Kier alpha value is -2.57. The topological polar surface area (TPSA) is 69.2 Å². The molecule has 2 aromatic carbocycles. The summed E-state index contributed by atoms with van der Waals surface area (Å²) in [6.07, 6.45) is 0. The van der Waals surface area contributed by atoms with Gasteiger partial charge in [0.15, 0.2) is 5.78 Å². The van der Waals surface area contributed by atoms with Crippen molar-refractivity contribution in [3.8, 4) is 0 Å². The maximum atomic E-state index is 13.0. The molecule has 0 bridgehead atoms. The Bertz CT molecular complexity index is 984. The number of esters is 1. The van der Waals surface area contributed by atoms with Gasteiger partial charge in [-0.2, -0.15) is 0 Å². The third-order valence-corrected chi connectivity index (χ3v) is 4.86. The highest BCUT2D eigenvalue weighted by Crippen LogP contribution is 2.21. The predicted octanol–water partition coefficient (Wildman–Crippen LogP) is 4.40. The summed E-state index contributed by atoms with van der Waals surface area (Å²) in [6.45, 7) is 3.69. The summed E-state index contributed by atoms with van der Waals surface area (Å²) in [6, 6.07) is 12.3. The molecule has 7 heteroatoms. The second kappa shape index (κ2) is 7.76. The molecular weight excluding hydrogens is 372 g/mol. The first-order valence-corrected chi connectivity index (χ1v) is 8.97. The average molecular weight is 387 g/mol. The van der Waals surface area contributed by atoms with E-state index in [4.69, 9.17) is 16.3 Å². The van der Waals surface area contributed by atoms with Gasteiger partial charge in [-0.25, -0.2) is 4.79 Å². The van der Waals surface area contributed by atoms with Gasteiger partial charge in [0.1, 0.15) is 16.6 Å². The second-order valence-corrected chi connectivity index (χ2v) is 7.12. The van der Waals surface area contributed by atoms with E-state index < -0.39 is 5.97 Å². The van der Waals surface area contributed by atoms with E-state index in [1.165, 1.54) is 0 Å². The Labute approximate surface area is 159 Å². The number of carbonyl (C=O) groups excluding carboxylic acids is 2. The van der Waals surface area contributed by atoms with E-state index in [1.54, 1.807) is 24.3 Å². The molecule has 0 aliphatic heterocycles. The van der Waals surface area contributed by atoms with Gasteiger partial charge in [0.05, 0.1) is 5.56 Å². The molecule has 0 atom stereocenters. The van der Waals surface area contributed by atoms with E-state index in [-0.39, 0.29) is 18.0 Å². The van der Waals surface area contributed by atoms with E-state index >= 15 is 0 Å². The summed E-state index contributed by atoms with van der Waals surface area (Å²) in [5, 5.41) is 3.80. The zero-order chi connectivity index (χ0) is 18.7. The second-order valence-electron chi connectivity index (χ2n) is 5.76. The van der Waals surface area contributed by atoms with Gasteiger partial charge in [0.25, 0.3) is 0 Å². The minimum atomic E-state index is -0.608. The molecule has 1 aromatic heterocycles. The number of nitrogens with zero attached hydrogens (tertiary/aromatic N) is 2. The molecule has 132 valence electrons. The molecule has 0 aliphatic carbocycles. The van der Waals surface area contributed by atoms with Crippen molar-refractivity contribution >= 4 is 34.9 Å². The number of halogens is 1. The first-order valence-electron chi connectivity index (χ1n) is 7.82. The lowest BCUT2D eigenvalue weighted by Gasteiger charge is -2.10. The zero-order valence-corrected chi connectivity index (χ0v) is 15.7. The van der Waals surface area contributed by atoms with Crippen molar-refractivity contribution in [2.24, 2.45) is 0 Å². The Morgan fingerprint density at radius 2 is 1.81 bits per heavy atom. The van der Waals surface area contributed by atoms with Crippen LogP contribution in [0.15, 0.2) is 42.5 Å². The van der Waals surface area contributed by atoms with Gasteiger partial charge in [0, 0.05) is 22.7 Å².